The number of rotatable bonds is 8. The van der Waals surface area contributed by atoms with E-state index in [1.807, 2.05) is 0 Å². The second kappa shape index (κ2) is 8.39. The molecule has 2 rings (SSSR count). The minimum absolute atomic E-state index is 0.0698. The number of carboxylic acid groups (broad SMARTS) is 1. The Bertz CT molecular complexity index is 745. The fourth-order valence-corrected chi connectivity index (χ4v) is 2.57. The van der Waals surface area contributed by atoms with Crippen molar-refractivity contribution in [2.75, 3.05) is 0 Å². The van der Waals surface area contributed by atoms with Crippen molar-refractivity contribution in [2.45, 2.75) is 25.3 Å². The number of hydrogen-bond donors (Lipinski definition) is 3. The second-order valence-electron chi connectivity index (χ2n) is 5.98. The topological polar surface area (TPSA) is 101 Å². The summed E-state index contributed by atoms with van der Waals surface area (Å²) in [5.74, 6) is -2.96. The summed E-state index contributed by atoms with van der Waals surface area (Å²) in [6, 6.07) is 11.3. The molecule has 0 amide bonds. The lowest BCUT2D eigenvalue weighted by atomic mass is 9.90. The van der Waals surface area contributed by atoms with E-state index in [0.29, 0.717) is 0 Å². The number of phenols is 1. The SMILES string of the molecule is N[C@@H](Cc1ccc(O)cc1)C(=O)CC(Cc1ccccc1F)C(=O)O. The van der Waals surface area contributed by atoms with E-state index in [-0.39, 0.29) is 30.6 Å². The quantitative estimate of drug-likeness (QED) is 0.681. The van der Waals surface area contributed by atoms with Crippen LogP contribution in [0.5, 0.6) is 5.75 Å². The van der Waals surface area contributed by atoms with Crippen molar-refractivity contribution in [3.63, 3.8) is 0 Å². The molecule has 0 aromatic heterocycles. The maximum Gasteiger partial charge on any atom is 0.307 e. The van der Waals surface area contributed by atoms with Gasteiger partial charge in [-0.1, -0.05) is 30.3 Å². The molecule has 1 unspecified atom stereocenters. The molecule has 132 valence electrons. The first-order valence-electron chi connectivity index (χ1n) is 7.89. The molecule has 0 aliphatic carbocycles. The zero-order valence-corrected chi connectivity index (χ0v) is 13.6. The van der Waals surface area contributed by atoms with Gasteiger partial charge in [0, 0.05) is 6.42 Å². The summed E-state index contributed by atoms with van der Waals surface area (Å²) >= 11 is 0. The van der Waals surface area contributed by atoms with Crippen LogP contribution in [0.1, 0.15) is 17.5 Å². The number of carboxylic acids is 1. The summed E-state index contributed by atoms with van der Waals surface area (Å²) in [6.07, 6.45) is -0.0895. The van der Waals surface area contributed by atoms with Crippen molar-refractivity contribution in [1.82, 2.24) is 0 Å². The van der Waals surface area contributed by atoms with E-state index in [1.54, 1.807) is 18.2 Å². The molecule has 2 atom stereocenters. The van der Waals surface area contributed by atoms with Gasteiger partial charge in [-0.2, -0.15) is 0 Å². The lowest BCUT2D eigenvalue weighted by Crippen LogP contribution is -2.35. The molecular weight excluding hydrogens is 325 g/mol. The molecule has 2 aromatic carbocycles. The van der Waals surface area contributed by atoms with Gasteiger partial charge < -0.3 is 15.9 Å². The summed E-state index contributed by atoms with van der Waals surface area (Å²) in [4.78, 5) is 23.7. The van der Waals surface area contributed by atoms with Crippen LogP contribution in [-0.2, 0) is 22.4 Å². The van der Waals surface area contributed by atoms with E-state index in [0.717, 1.165) is 5.56 Å². The third-order valence-electron chi connectivity index (χ3n) is 4.03. The van der Waals surface area contributed by atoms with E-state index in [4.69, 9.17) is 5.73 Å². The Morgan fingerprint density at radius 2 is 1.68 bits per heavy atom. The highest BCUT2D eigenvalue weighted by Crippen LogP contribution is 2.18. The Kier molecular flexibility index (Phi) is 6.25. The summed E-state index contributed by atoms with van der Waals surface area (Å²) in [5, 5.41) is 18.6. The third kappa shape index (κ3) is 5.39. The Balaban J connectivity index is 2.00. The number of aromatic hydroxyl groups is 1. The number of hydrogen-bond acceptors (Lipinski definition) is 4. The van der Waals surface area contributed by atoms with E-state index < -0.39 is 29.5 Å². The lowest BCUT2D eigenvalue weighted by molar-refractivity contribution is -0.143. The standard InChI is InChI=1S/C19H20FNO4/c20-16-4-2-1-3-13(16)10-14(19(24)25)11-18(23)17(21)9-12-5-7-15(22)8-6-12/h1-8,14,17,22H,9-11,21H2,(H,24,25)/t14?,17-/m0/s1. The summed E-state index contributed by atoms with van der Waals surface area (Å²) < 4.78 is 13.7. The summed E-state index contributed by atoms with van der Waals surface area (Å²) in [5.41, 5.74) is 6.90. The molecule has 0 heterocycles. The smallest absolute Gasteiger partial charge is 0.307 e. The zero-order chi connectivity index (χ0) is 18.4. The van der Waals surface area contributed by atoms with Crippen LogP contribution in [0.4, 0.5) is 4.39 Å². The molecule has 0 bridgehead atoms. The molecule has 0 aliphatic heterocycles. The first-order chi connectivity index (χ1) is 11.9. The Morgan fingerprint density at radius 3 is 2.28 bits per heavy atom. The molecule has 0 fully saturated rings. The predicted octanol–water partition coefficient (Wildman–Crippen LogP) is 2.30. The van der Waals surface area contributed by atoms with Gasteiger partial charge in [-0.05, 0) is 42.2 Å². The summed E-state index contributed by atoms with van der Waals surface area (Å²) in [7, 11) is 0. The predicted molar refractivity (Wildman–Crippen MR) is 90.6 cm³/mol. The molecule has 25 heavy (non-hydrogen) atoms. The minimum atomic E-state index is -1.16. The Hall–Kier alpha value is -2.73. The average molecular weight is 345 g/mol. The number of benzene rings is 2. The van der Waals surface area contributed by atoms with Gasteiger partial charge in [0.15, 0.2) is 5.78 Å². The second-order valence-corrected chi connectivity index (χ2v) is 5.98. The molecule has 0 spiro atoms. The molecule has 0 radical (unpaired) electrons. The van der Waals surface area contributed by atoms with Crippen LogP contribution in [0.15, 0.2) is 48.5 Å². The number of aliphatic carboxylic acids is 1. The van der Waals surface area contributed by atoms with Gasteiger partial charge in [-0.15, -0.1) is 0 Å². The van der Waals surface area contributed by atoms with Crippen molar-refractivity contribution in [3.05, 3.63) is 65.5 Å². The van der Waals surface area contributed by atoms with Crippen LogP contribution in [0.25, 0.3) is 0 Å². The fourth-order valence-electron chi connectivity index (χ4n) is 2.57. The van der Waals surface area contributed by atoms with E-state index in [2.05, 4.69) is 0 Å². The van der Waals surface area contributed by atoms with Crippen LogP contribution >= 0.6 is 0 Å². The number of halogens is 1. The zero-order valence-electron chi connectivity index (χ0n) is 13.6. The highest BCUT2D eigenvalue weighted by Gasteiger charge is 2.25. The number of ketones is 1. The van der Waals surface area contributed by atoms with Crippen LogP contribution in [0, 0.1) is 11.7 Å². The van der Waals surface area contributed by atoms with Gasteiger partial charge in [0.1, 0.15) is 11.6 Å². The molecule has 4 N–H and O–H groups in total. The van der Waals surface area contributed by atoms with Crippen LogP contribution in [-0.4, -0.2) is 28.0 Å². The maximum atomic E-state index is 13.7. The molecule has 0 aliphatic rings. The van der Waals surface area contributed by atoms with Gasteiger partial charge >= 0.3 is 5.97 Å². The van der Waals surface area contributed by atoms with E-state index in [9.17, 15) is 24.2 Å². The molecule has 2 aromatic rings. The van der Waals surface area contributed by atoms with Gasteiger partial charge in [0.05, 0.1) is 12.0 Å². The van der Waals surface area contributed by atoms with Crippen molar-refractivity contribution in [1.29, 1.82) is 0 Å². The molecule has 0 saturated heterocycles. The van der Waals surface area contributed by atoms with Crippen molar-refractivity contribution >= 4 is 11.8 Å². The number of nitrogens with two attached hydrogens (primary N) is 1. The number of carbonyl (C=O) groups is 2. The van der Waals surface area contributed by atoms with Crippen molar-refractivity contribution in [3.8, 4) is 5.75 Å². The third-order valence-corrected chi connectivity index (χ3v) is 4.03. The number of phenolic OH excluding ortho intramolecular Hbond substituents is 1. The molecule has 6 heteroatoms. The lowest BCUT2D eigenvalue weighted by Gasteiger charge is -2.16. The van der Waals surface area contributed by atoms with Gasteiger partial charge in [0.2, 0.25) is 0 Å². The monoisotopic (exact) mass is 345 g/mol. The van der Waals surface area contributed by atoms with Crippen molar-refractivity contribution < 1.29 is 24.2 Å². The summed E-state index contributed by atoms with van der Waals surface area (Å²) in [6.45, 7) is 0. The number of Topliss-reactive ketones (excluding diaryl/α,β-unsaturated/α-hetero) is 1. The molecular formula is C19H20FNO4. The van der Waals surface area contributed by atoms with E-state index >= 15 is 0 Å². The molecule has 5 nitrogen and oxygen atoms in total. The first kappa shape index (κ1) is 18.6. The largest absolute Gasteiger partial charge is 0.508 e. The average Bonchev–Trinajstić information content (AvgIpc) is 2.57. The Morgan fingerprint density at radius 1 is 1.04 bits per heavy atom. The highest BCUT2D eigenvalue weighted by molar-refractivity contribution is 5.88. The molecule has 0 saturated carbocycles. The van der Waals surface area contributed by atoms with Crippen LogP contribution in [0.3, 0.4) is 0 Å². The van der Waals surface area contributed by atoms with Gasteiger partial charge in [0.25, 0.3) is 0 Å². The maximum absolute atomic E-state index is 13.7. The van der Waals surface area contributed by atoms with Gasteiger partial charge in [-0.3, -0.25) is 9.59 Å². The van der Waals surface area contributed by atoms with Crippen LogP contribution < -0.4 is 5.73 Å². The normalized spacial score (nSPS) is 13.2. The Labute approximate surface area is 144 Å². The van der Waals surface area contributed by atoms with Gasteiger partial charge in [-0.25, -0.2) is 4.39 Å². The van der Waals surface area contributed by atoms with E-state index in [1.165, 1.54) is 30.3 Å². The number of carbonyl (C=O) groups excluding carboxylic acids is 1. The van der Waals surface area contributed by atoms with Crippen molar-refractivity contribution in [2.24, 2.45) is 11.7 Å². The minimum Gasteiger partial charge on any atom is -0.508 e. The highest BCUT2D eigenvalue weighted by atomic mass is 19.1. The van der Waals surface area contributed by atoms with Crippen LogP contribution in [0.2, 0.25) is 0 Å². The first-order valence-corrected chi connectivity index (χ1v) is 7.89. The fraction of sp³-hybridized carbons (Fsp3) is 0.263.